The standard InChI is InChI=1S/C16H22O/c1-3-10(2)16(17)15-13-9-8-11-6-4-5-7-12(11)14(13)15/h4-7,10,13-17H,3,8-9H2,1-2H3. The van der Waals surface area contributed by atoms with Gasteiger partial charge in [-0.15, -0.1) is 0 Å². The molecule has 17 heavy (non-hydrogen) atoms. The first-order valence-corrected chi connectivity index (χ1v) is 7.00. The fraction of sp³-hybridized carbons (Fsp3) is 0.625. The number of aryl methyl sites for hydroxylation is 1. The second-order valence-electron chi connectivity index (χ2n) is 5.88. The molecular weight excluding hydrogens is 208 g/mol. The number of aliphatic hydroxyl groups is 1. The molecule has 5 unspecified atom stereocenters. The summed E-state index contributed by atoms with van der Waals surface area (Å²) in [4.78, 5) is 0. The summed E-state index contributed by atoms with van der Waals surface area (Å²) in [6, 6.07) is 8.82. The van der Waals surface area contributed by atoms with Crippen LogP contribution in [0.2, 0.25) is 0 Å². The van der Waals surface area contributed by atoms with Gasteiger partial charge in [0.2, 0.25) is 0 Å². The maximum absolute atomic E-state index is 10.4. The minimum absolute atomic E-state index is 0.0962. The predicted molar refractivity (Wildman–Crippen MR) is 69.9 cm³/mol. The zero-order valence-electron chi connectivity index (χ0n) is 10.8. The molecule has 0 heterocycles. The van der Waals surface area contributed by atoms with Gasteiger partial charge >= 0.3 is 0 Å². The van der Waals surface area contributed by atoms with Crippen molar-refractivity contribution in [3.05, 3.63) is 35.4 Å². The van der Waals surface area contributed by atoms with Crippen molar-refractivity contribution in [1.82, 2.24) is 0 Å². The van der Waals surface area contributed by atoms with E-state index in [-0.39, 0.29) is 6.10 Å². The lowest BCUT2D eigenvalue weighted by molar-refractivity contribution is 0.0859. The van der Waals surface area contributed by atoms with E-state index in [2.05, 4.69) is 38.1 Å². The second kappa shape index (κ2) is 4.13. The minimum Gasteiger partial charge on any atom is -0.393 e. The molecule has 0 aromatic heterocycles. The third kappa shape index (κ3) is 1.72. The molecule has 3 rings (SSSR count). The Morgan fingerprint density at radius 1 is 1.35 bits per heavy atom. The highest BCUT2D eigenvalue weighted by Crippen LogP contribution is 2.62. The van der Waals surface area contributed by atoms with Gasteiger partial charge < -0.3 is 5.11 Å². The maximum atomic E-state index is 10.4. The molecule has 1 fully saturated rings. The Morgan fingerprint density at radius 3 is 2.88 bits per heavy atom. The number of fused-ring (bicyclic) bond motifs is 3. The maximum Gasteiger partial charge on any atom is 0.0602 e. The van der Waals surface area contributed by atoms with Crippen LogP contribution in [0.3, 0.4) is 0 Å². The molecule has 1 aromatic rings. The molecule has 0 bridgehead atoms. The largest absolute Gasteiger partial charge is 0.393 e. The molecule has 1 heteroatoms. The van der Waals surface area contributed by atoms with Crippen molar-refractivity contribution >= 4 is 0 Å². The van der Waals surface area contributed by atoms with E-state index in [0.29, 0.717) is 17.8 Å². The molecule has 5 atom stereocenters. The van der Waals surface area contributed by atoms with E-state index < -0.39 is 0 Å². The molecule has 1 nitrogen and oxygen atoms in total. The van der Waals surface area contributed by atoms with Crippen LogP contribution in [0, 0.1) is 17.8 Å². The van der Waals surface area contributed by atoms with E-state index in [4.69, 9.17) is 0 Å². The van der Waals surface area contributed by atoms with Gasteiger partial charge in [-0.3, -0.25) is 0 Å². The first kappa shape index (κ1) is 11.3. The average Bonchev–Trinajstić information content (AvgIpc) is 3.11. The van der Waals surface area contributed by atoms with Gasteiger partial charge in [-0.05, 0) is 47.6 Å². The number of rotatable bonds is 3. The lowest BCUT2D eigenvalue weighted by Gasteiger charge is -2.17. The molecule has 2 aliphatic rings. The third-order valence-electron chi connectivity index (χ3n) is 5.01. The van der Waals surface area contributed by atoms with Gasteiger partial charge in [-0.1, -0.05) is 44.5 Å². The first-order valence-electron chi connectivity index (χ1n) is 7.00. The molecular formula is C16H22O. The van der Waals surface area contributed by atoms with Crippen molar-refractivity contribution in [3.8, 4) is 0 Å². The molecule has 2 aliphatic carbocycles. The second-order valence-corrected chi connectivity index (χ2v) is 5.88. The Kier molecular flexibility index (Phi) is 2.74. The van der Waals surface area contributed by atoms with E-state index in [1.54, 1.807) is 0 Å². The lowest BCUT2D eigenvalue weighted by atomic mass is 9.92. The van der Waals surface area contributed by atoms with Crippen molar-refractivity contribution in [1.29, 1.82) is 0 Å². The van der Waals surface area contributed by atoms with Crippen LogP contribution < -0.4 is 0 Å². The van der Waals surface area contributed by atoms with Gasteiger partial charge in [0.25, 0.3) is 0 Å². The Bertz CT molecular complexity index is 412. The van der Waals surface area contributed by atoms with E-state index in [9.17, 15) is 5.11 Å². The van der Waals surface area contributed by atoms with Crippen LogP contribution in [0.4, 0.5) is 0 Å². The molecule has 0 amide bonds. The SMILES string of the molecule is CCC(C)C(O)C1C2CCc3ccccc3C21. The molecule has 1 N–H and O–H groups in total. The quantitative estimate of drug-likeness (QED) is 0.844. The number of hydrogen-bond donors (Lipinski definition) is 1. The van der Waals surface area contributed by atoms with Crippen molar-refractivity contribution in [2.45, 2.75) is 45.1 Å². The fourth-order valence-electron chi connectivity index (χ4n) is 3.71. The summed E-state index contributed by atoms with van der Waals surface area (Å²) < 4.78 is 0. The summed E-state index contributed by atoms with van der Waals surface area (Å²) in [7, 11) is 0. The van der Waals surface area contributed by atoms with E-state index in [0.717, 1.165) is 12.3 Å². The van der Waals surface area contributed by atoms with Crippen molar-refractivity contribution < 1.29 is 5.11 Å². The minimum atomic E-state index is -0.0962. The van der Waals surface area contributed by atoms with Crippen LogP contribution in [0.5, 0.6) is 0 Å². The molecule has 1 aromatic carbocycles. The summed E-state index contributed by atoms with van der Waals surface area (Å²) in [5.41, 5.74) is 3.05. The summed E-state index contributed by atoms with van der Waals surface area (Å²) in [5.74, 6) is 2.39. The summed E-state index contributed by atoms with van der Waals surface area (Å²) in [6.45, 7) is 4.36. The van der Waals surface area contributed by atoms with Crippen molar-refractivity contribution in [2.24, 2.45) is 17.8 Å². The topological polar surface area (TPSA) is 20.2 Å². The zero-order valence-corrected chi connectivity index (χ0v) is 10.8. The van der Waals surface area contributed by atoms with Crippen LogP contribution >= 0.6 is 0 Å². The monoisotopic (exact) mass is 230 g/mol. The van der Waals surface area contributed by atoms with Crippen LogP contribution in [-0.2, 0) is 6.42 Å². The van der Waals surface area contributed by atoms with Crippen molar-refractivity contribution in [2.75, 3.05) is 0 Å². The molecule has 0 spiro atoms. The van der Waals surface area contributed by atoms with Gasteiger partial charge in [0, 0.05) is 0 Å². The highest BCUT2D eigenvalue weighted by Gasteiger charge is 2.56. The van der Waals surface area contributed by atoms with Crippen molar-refractivity contribution in [3.63, 3.8) is 0 Å². The summed E-state index contributed by atoms with van der Waals surface area (Å²) in [5, 5.41) is 10.4. The average molecular weight is 230 g/mol. The van der Waals surface area contributed by atoms with Gasteiger partial charge in [0.15, 0.2) is 0 Å². The predicted octanol–water partition coefficient (Wildman–Crippen LogP) is 3.37. The summed E-state index contributed by atoms with van der Waals surface area (Å²) >= 11 is 0. The Hall–Kier alpha value is -0.820. The van der Waals surface area contributed by atoms with Crippen LogP contribution in [0.15, 0.2) is 24.3 Å². The highest BCUT2D eigenvalue weighted by atomic mass is 16.3. The van der Waals surface area contributed by atoms with Crippen LogP contribution in [-0.4, -0.2) is 11.2 Å². The van der Waals surface area contributed by atoms with E-state index in [1.807, 2.05) is 0 Å². The number of hydrogen-bond acceptors (Lipinski definition) is 1. The fourth-order valence-corrected chi connectivity index (χ4v) is 3.71. The van der Waals surface area contributed by atoms with Crippen LogP contribution in [0.1, 0.15) is 43.7 Å². The number of aliphatic hydroxyl groups excluding tert-OH is 1. The first-order chi connectivity index (χ1) is 8.24. The Labute approximate surface area is 104 Å². The number of benzene rings is 1. The molecule has 0 radical (unpaired) electrons. The Balaban J connectivity index is 1.82. The molecule has 92 valence electrons. The van der Waals surface area contributed by atoms with Gasteiger partial charge in [0.05, 0.1) is 6.10 Å². The molecule has 0 saturated heterocycles. The molecule has 1 saturated carbocycles. The highest BCUT2D eigenvalue weighted by molar-refractivity contribution is 5.39. The zero-order chi connectivity index (χ0) is 12.0. The molecule has 0 aliphatic heterocycles. The van der Waals surface area contributed by atoms with Gasteiger partial charge in [0.1, 0.15) is 0 Å². The van der Waals surface area contributed by atoms with E-state index >= 15 is 0 Å². The normalized spacial score (nSPS) is 33.5. The van der Waals surface area contributed by atoms with E-state index in [1.165, 1.54) is 24.0 Å². The summed E-state index contributed by atoms with van der Waals surface area (Å²) in [6.07, 6.45) is 3.47. The smallest absolute Gasteiger partial charge is 0.0602 e. The lowest BCUT2D eigenvalue weighted by Crippen LogP contribution is -2.20. The van der Waals surface area contributed by atoms with Crippen LogP contribution in [0.25, 0.3) is 0 Å². The van der Waals surface area contributed by atoms with Gasteiger partial charge in [-0.2, -0.15) is 0 Å². The Morgan fingerprint density at radius 2 is 2.12 bits per heavy atom. The third-order valence-corrected chi connectivity index (χ3v) is 5.01. The van der Waals surface area contributed by atoms with Gasteiger partial charge in [-0.25, -0.2) is 0 Å².